The highest BCUT2D eigenvalue weighted by Gasteiger charge is 2.41. The molecule has 0 unspecified atom stereocenters. The van der Waals surface area contributed by atoms with Crippen LogP contribution in [0.3, 0.4) is 0 Å². The molecule has 6 amide bonds. The number of benzene rings is 6. The number of hydrogen-bond donors (Lipinski definition) is 9. The van der Waals surface area contributed by atoms with Crippen LogP contribution in [0, 0.1) is 40.8 Å². The molecule has 6 aromatic carbocycles. The first-order chi connectivity index (χ1) is 64.3. The third-order valence-corrected chi connectivity index (χ3v) is 30.0. The molecule has 36 heteroatoms. The van der Waals surface area contributed by atoms with Crippen molar-refractivity contribution >= 4 is 65.5 Å². The molecule has 1 fully saturated rings. The quantitative estimate of drug-likeness (QED) is 0.00972. The lowest BCUT2D eigenvalue weighted by Crippen LogP contribution is -2.55. The molecule has 0 bridgehead atoms. The number of nitrogens with one attached hydrogen (secondary N) is 3. The molecule has 758 valence electrons. The van der Waals surface area contributed by atoms with Crippen molar-refractivity contribution in [1.29, 1.82) is 0 Å². The van der Waals surface area contributed by atoms with Gasteiger partial charge in [0.25, 0.3) is 0 Å². The van der Waals surface area contributed by atoms with Crippen molar-refractivity contribution in [3.63, 3.8) is 0 Å². The number of ether oxygens (including phenoxy) is 3. The van der Waals surface area contributed by atoms with Crippen molar-refractivity contribution in [3.05, 3.63) is 225 Å². The van der Waals surface area contributed by atoms with Gasteiger partial charge in [0, 0.05) is 75.6 Å². The maximum atomic E-state index is 14.3. The Kier molecular flexibility index (Phi) is 50.8. The van der Waals surface area contributed by atoms with Crippen molar-refractivity contribution in [2.24, 2.45) is 23.1 Å². The number of aliphatic hydroxyl groups excluding tert-OH is 3. The number of sulfone groups is 3. The SMILES string of the molecule is C=CCOC(=O)N[C@H](CS(=O)(=O)C(CCC)CCC)C(=O)N(Cc1cccc(CC)c1)C[C@@H](O)[C@@H](N)Cc1cc(F)cc(F)c1.CCCC(CCC)S(=O)(=O)C[C@@H](NC(=O)OC(C)C)C(=O)N(Cc1cccc(CC)c1)C[C@@H](O)[C@@H](N)Cc1cc(F)cc(F)c1.CCCC(CCC)S(=O)(=O)C[C@@H](NC(=O)OCC1CC1)C(=O)N(Cc1cccc(CC)c1)C[C@@H](O)[C@@H](N)Cc1cc(F)cc(F)c1. The molecule has 6 aromatic rings. The van der Waals surface area contributed by atoms with E-state index in [1.807, 2.05) is 123 Å². The molecule has 0 saturated heterocycles. The smallest absolute Gasteiger partial charge is 0.408 e. The summed E-state index contributed by atoms with van der Waals surface area (Å²) in [6.07, 6.45) is 3.97. The highest BCUT2D eigenvalue weighted by atomic mass is 32.2. The number of aliphatic hydroxyl groups is 3. The average molecular weight is 1970 g/mol. The van der Waals surface area contributed by atoms with Gasteiger partial charge in [0.2, 0.25) is 17.7 Å². The molecule has 0 aliphatic heterocycles. The Labute approximate surface area is 800 Å². The number of nitrogens with zero attached hydrogens (tertiary/aromatic N) is 3. The molecule has 0 aromatic heterocycles. The Morgan fingerprint density at radius 1 is 0.404 bits per heavy atom. The van der Waals surface area contributed by atoms with Crippen molar-refractivity contribution in [3.8, 4) is 0 Å². The van der Waals surface area contributed by atoms with Gasteiger partial charge in [-0.2, -0.15) is 0 Å². The second-order valence-corrected chi connectivity index (χ2v) is 42.4. The van der Waals surface area contributed by atoms with Gasteiger partial charge in [0.1, 0.15) is 59.6 Å². The molecule has 0 spiro atoms. The standard InChI is InChI=1S/C34H49F2N3O6S.C33H49F2N3O6S.C33H47F2N3O6S/c1-4-8-29(9-5-2)46(43,44)22-31(38-34(42)45-21-24-12-13-24)33(41)39(19-25-11-7-10-23(6-3)14-25)20-32(40)30(37)17-26-15-27(35)18-28(36)16-26;1-6-10-28(11-7-2)45(42,43)21-30(37-33(41)44-22(4)5)32(40)38(19-24-13-9-12-23(8-3)14-24)20-31(39)29(36)17-25-15-26(34)18-27(35)16-25;1-5-10-28(11-6-2)45(42,43)22-30(37-33(41)44-14-7-3)32(40)38(20-24-13-9-12-23(8-4)15-24)21-31(39)29(36)18-25-16-26(34)19-27(35)17-25/h7,10-11,14-16,18,24,29-32,40H,4-6,8-9,12-13,17,19-22,37H2,1-3H3,(H,38,42);9,12-16,18,22,28-31,39H,6-8,10-11,17,19-21,36H2,1-5H3,(H,37,41);7,9,12-13,15-17,19,28-31,39H,3,5-6,8,10-11,14,18,20-22,36H2,1-2,4H3,(H,37,41)/t30-,31+,32+;2*29-,30+,31+/m000/s1. The molecular weight excluding hydrogens is 1830 g/mol. The summed E-state index contributed by atoms with van der Waals surface area (Å²) in [6.45, 7) is 22.9. The first-order valence-corrected chi connectivity index (χ1v) is 52.4. The largest absolute Gasteiger partial charge is 0.449 e. The summed E-state index contributed by atoms with van der Waals surface area (Å²) in [5.41, 5.74) is 24.6. The summed E-state index contributed by atoms with van der Waals surface area (Å²) in [6, 6.07) is 23.7. The summed E-state index contributed by atoms with van der Waals surface area (Å²) in [7, 11) is -11.6. The summed E-state index contributed by atoms with van der Waals surface area (Å²) >= 11 is 0. The number of carbonyl (C=O) groups is 6. The summed E-state index contributed by atoms with van der Waals surface area (Å²) in [5, 5.41) is 38.7. The van der Waals surface area contributed by atoms with Crippen LogP contribution < -0.4 is 33.2 Å². The lowest BCUT2D eigenvalue weighted by Gasteiger charge is -2.32. The first-order valence-electron chi connectivity index (χ1n) is 47.2. The summed E-state index contributed by atoms with van der Waals surface area (Å²) in [5.74, 6) is -8.63. The van der Waals surface area contributed by atoms with Crippen LogP contribution in [0.25, 0.3) is 0 Å². The van der Waals surface area contributed by atoms with E-state index in [2.05, 4.69) is 22.5 Å². The van der Waals surface area contributed by atoms with Gasteiger partial charge < -0.3 is 77.4 Å². The fourth-order valence-corrected chi connectivity index (χ4v) is 22.3. The van der Waals surface area contributed by atoms with E-state index in [-0.39, 0.29) is 94.4 Å². The zero-order valence-corrected chi connectivity index (χ0v) is 82.9. The predicted molar refractivity (Wildman–Crippen MR) is 516 cm³/mol. The molecule has 0 radical (unpaired) electrons. The van der Waals surface area contributed by atoms with Crippen LogP contribution in [0.4, 0.5) is 40.7 Å². The van der Waals surface area contributed by atoms with E-state index in [1.165, 1.54) is 20.8 Å². The topological polar surface area (TPSA) is 417 Å². The number of rotatable bonds is 56. The van der Waals surface area contributed by atoms with Gasteiger partial charge in [-0.1, -0.05) is 186 Å². The Hall–Kier alpha value is -9.53. The Morgan fingerprint density at radius 2 is 0.662 bits per heavy atom. The molecule has 27 nitrogen and oxygen atoms in total. The molecule has 0 heterocycles. The fraction of sp³-hybridized carbons (Fsp3) is 0.560. The molecule has 136 heavy (non-hydrogen) atoms. The number of alkyl carbamates (subject to hydrolysis) is 3. The minimum absolute atomic E-state index is 0.00621. The van der Waals surface area contributed by atoms with Crippen LogP contribution in [-0.2, 0) is 116 Å². The number of hydrogen-bond acceptors (Lipinski definition) is 21. The molecule has 1 aliphatic rings. The van der Waals surface area contributed by atoms with E-state index in [4.69, 9.17) is 31.4 Å². The minimum atomic E-state index is -3.86. The van der Waals surface area contributed by atoms with Gasteiger partial charge in [-0.25, -0.2) is 66.0 Å². The minimum Gasteiger partial charge on any atom is -0.449 e. The lowest BCUT2D eigenvalue weighted by molar-refractivity contribution is -0.135. The second-order valence-electron chi connectivity index (χ2n) is 35.4. The number of carbonyl (C=O) groups excluding carboxylic acids is 6. The molecule has 12 N–H and O–H groups in total. The molecule has 1 saturated carbocycles. The van der Waals surface area contributed by atoms with E-state index >= 15 is 0 Å². The average Bonchev–Trinajstić information content (AvgIpc) is 0.863. The Balaban J connectivity index is 0.000000360. The van der Waals surface area contributed by atoms with Crippen LogP contribution >= 0.6 is 0 Å². The van der Waals surface area contributed by atoms with Gasteiger partial charge in [-0.3, -0.25) is 14.4 Å². The normalized spacial score (nSPS) is 14.3. The van der Waals surface area contributed by atoms with Gasteiger partial charge in [-0.05, 0) is 196 Å². The number of aryl methyl sites for hydroxylation is 3. The van der Waals surface area contributed by atoms with E-state index < -0.39 is 194 Å². The zero-order chi connectivity index (χ0) is 101. The van der Waals surface area contributed by atoms with Gasteiger partial charge in [-0.15, -0.1) is 0 Å². The van der Waals surface area contributed by atoms with E-state index in [0.717, 1.165) is 115 Å². The van der Waals surface area contributed by atoms with E-state index in [9.17, 15) is 95.7 Å². The summed E-state index contributed by atoms with van der Waals surface area (Å²) < 4.78 is 180. The first kappa shape index (κ1) is 117. The van der Waals surface area contributed by atoms with Crippen molar-refractivity contribution in [2.45, 2.75) is 301 Å². The maximum absolute atomic E-state index is 14.3. The Bertz CT molecular complexity index is 5050. The molecule has 9 atom stereocenters. The van der Waals surface area contributed by atoms with Crippen molar-refractivity contribution in [1.82, 2.24) is 30.7 Å². The predicted octanol–water partition coefficient (Wildman–Crippen LogP) is 13.8. The van der Waals surface area contributed by atoms with Gasteiger partial charge in [0.15, 0.2) is 29.5 Å². The van der Waals surface area contributed by atoms with Crippen LogP contribution in [0.5, 0.6) is 0 Å². The third kappa shape index (κ3) is 41.6. The number of amides is 6. The monoisotopic (exact) mass is 1970 g/mol. The van der Waals surface area contributed by atoms with Crippen LogP contribution in [-0.4, -0.2) is 218 Å². The fourth-order valence-electron chi connectivity index (χ4n) is 15.8. The highest BCUT2D eigenvalue weighted by Crippen LogP contribution is 2.30. The van der Waals surface area contributed by atoms with Crippen molar-refractivity contribution in [2.75, 3.05) is 50.1 Å². The maximum Gasteiger partial charge on any atom is 0.408 e. The molecular formula is C100H145F6N9O18S3. The van der Waals surface area contributed by atoms with E-state index in [0.29, 0.717) is 82.6 Å². The van der Waals surface area contributed by atoms with Gasteiger partial charge >= 0.3 is 18.3 Å². The summed E-state index contributed by atoms with van der Waals surface area (Å²) in [4.78, 5) is 84.5. The highest BCUT2D eigenvalue weighted by molar-refractivity contribution is 7.92. The Morgan fingerprint density at radius 3 is 0.904 bits per heavy atom. The van der Waals surface area contributed by atoms with E-state index in [1.54, 1.807) is 26.0 Å². The lowest BCUT2D eigenvalue weighted by atomic mass is 10.0. The van der Waals surface area contributed by atoms with Crippen LogP contribution in [0.15, 0.2) is 140 Å². The molecule has 1 aliphatic carbocycles. The number of halogens is 6. The molecule has 7 rings (SSSR count). The zero-order valence-electron chi connectivity index (χ0n) is 80.4. The van der Waals surface area contributed by atoms with Crippen LogP contribution in [0.1, 0.15) is 216 Å². The van der Waals surface area contributed by atoms with Crippen LogP contribution in [0.2, 0.25) is 0 Å². The van der Waals surface area contributed by atoms with Gasteiger partial charge in [0.05, 0.1) is 64.0 Å². The number of nitrogens with two attached hydrogens (primary N) is 3. The van der Waals surface area contributed by atoms with Crippen molar-refractivity contribution < 1.29 is 110 Å². The second kappa shape index (κ2) is 59.0. The third-order valence-electron chi connectivity index (χ3n) is 23.1.